The summed E-state index contributed by atoms with van der Waals surface area (Å²) >= 11 is 12.0. The van der Waals surface area contributed by atoms with Gasteiger partial charge in [0, 0.05) is 18.9 Å². The molecule has 1 amide bonds. The summed E-state index contributed by atoms with van der Waals surface area (Å²) in [6, 6.07) is 16.1. The van der Waals surface area contributed by atoms with Crippen LogP contribution in [0.15, 0.2) is 83.1 Å². The van der Waals surface area contributed by atoms with Crippen molar-refractivity contribution >= 4 is 45.3 Å². The fourth-order valence-corrected chi connectivity index (χ4v) is 4.36. The number of sulfonamides is 1. The van der Waals surface area contributed by atoms with Crippen molar-refractivity contribution < 1.29 is 13.2 Å². The Morgan fingerprint density at radius 2 is 1.74 bits per heavy atom. The molecule has 0 unspecified atom stereocenters. The van der Waals surface area contributed by atoms with Gasteiger partial charge in [0.15, 0.2) is 0 Å². The number of pyridine rings is 1. The number of benzene rings is 2. The summed E-state index contributed by atoms with van der Waals surface area (Å²) in [5.74, 6) is -0.593. The van der Waals surface area contributed by atoms with E-state index in [1.54, 1.807) is 60.9 Å². The van der Waals surface area contributed by atoms with E-state index in [0.29, 0.717) is 15.6 Å². The summed E-state index contributed by atoms with van der Waals surface area (Å²) in [7, 11) is -3.96. The van der Waals surface area contributed by atoms with Gasteiger partial charge in [-0.05, 0) is 47.5 Å². The lowest BCUT2D eigenvalue weighted by Crippen LogP contribution is -2.39. The third-order valence-corrected chi connectivity index (χ3v) is 6.70. The fourth-order valence-electron chi connectivity index (χ4n) is 2.63. The molecule has 0 aliphatic heterocycles. The van der Waals surface area contributed by atoms with E-state index in [-0.39, 0.29) is 11.4 Å². The van der Waals surface area contributed by atoms with Crippen LogP contribution in [0.1, 0.15) is 11.1 Å². The fraction of sp³-hybridized carbons (Fsp3) is 0.0952. The van der Waals surface area contributed by atoms with Gasteiger partial charge in [-0.1, -0.05) is 47.5 Å². The number of nitrogens with zero attached hydrogens (tertiary/aromatic N) is 3. The molecule has 0 saturated carbocycles. The van der Waals surface area contributed by atoms with Crippen LogP contribution in [-0.4, -0.2) is 36.4 Å². The molecule has 0 radical (unpaired) electrons. The Bertz CT molecular complexity index is 1170. The van der Waals surface area contributed by atoms with Crippen molar-refractivity contribution in [2.45, 2.75) is 11.4 Å². The molecule has 0 bridgehead atoms. The number of rotatable bonds is 8. The van der Waals surface area contributed by atoms with Crippen molar-refractivity contribution in [1.82, 2.24) is 14.7 Å². The van der Waals surface area contributed by atoms with Crippen LogP contribution in [0.3, 0.4) is 0 Å². The lowest BCUT2D eigenvalue weighted by Gasteiger charge is -2.21. The molecule has 2 aromatic carbocycles. The summed E-state index contributed by atoms with van der Waals surface area (Å²) in [5.41, 5.74) is 3.67. The van der Waals surface area contributed by atoms with Crippen LogP contribution >= 0.6 is 23.2 Å². The lowest BCUT2D eigenvalue weighted by atomic mass is 10.2. The van der Waals surface area contributed by atoms with Gasteiger partial charge in [-0.25, -0.2) is 13.8 Å². The molecule has 160 valence electrons. The molecule has 3 rings (SSSR count). The quantitative estimate of drug-likeness (QED) is 0.396. The topological polar surface area (TPSA) is 91.7 Å². The molecule has 1 heterocycles. The highest BCUT2D eigenvalue weighted by molar-refractivity contribution is 7.89. The summed E-state index contributed by atoms with van der Waals surface area (Å²) in [4.78, 5) is 16.4. The van der Waals surface area contributed by atoms with E-state index >= 15 is 0 Å². The van der Waals surface area contributed by atoms with Gasteiger partial charge in [0.2, 0.25) is 10.0 Å². The number of carbonyl (C=O) groups is 1. The molecule has 10 heteroatoms. The number of nitrogens with one attached hydrogen (secondary N) is 1. The molecule has 0 atom stereocenters. The van der Waals surface area contributed by atoms with E-state index in [1.807, 2.05) is 0 Å². The largest absolute Gasteiger partial charge is 0.272 e. The van der Waals surface area contributed by atoms with Gasteiger partial charge in [0.05, 0.1) is 27.7 Å². The zero-order valence-electron chi connectivity index (χ0n) is 16.2. The van der Waals surface area contributed by atoms with Crippen molar-refractivity contribution in [3.05, 3.63) is 94.2 Å². The first kappa shape index (κ1) is 22.9. The zero-order valence-corrected chi connectivity index (χ0v) is 18.5. The van der Waals surface area contributed by atoms with E-state index in [0.717, 1.165) is 9.87 Å². The summed E-state index contributed by atoms with van der Waals surface area (Å²) in [6.45, 7) is -0.513. The van der Waals surface area contributed by atoms with Crippen molar-refractivity contribution in [2.24, 2.45) is 5.10 Å². The highest BCUT2D eigenvalue weighted by Gasteiger charge is 2.27. The molecular formula is C21H18Cl2N4O3S. The van der Waals surface area contributed by atoms with Crippen LogP contribution in [0.5, 0.6) is 0 Å². The molecule has 0 fully saturated rings. The Hall–Kier alpha value is -2.78. The monoisotopic (exact) mass is 476 g/mol. The highest BCUT2D eigenvalue weighted by atomic mass is 35.5. The Morgan fingerprint density at radius 3 is 2.42 bits per heavy atom. The van der Waals surface area contributed by atoms with Crippen molar-refractivity contribution in [1.29, 1.82) is 0 Å². The van der Waals surface area contributed by atoms with E-state index in [2.05, 4.69) is 15.5 Å². The van der Waals surface area contributed by atoms with Crippen molar-refractivity contribution in [2.75, 3.05) is 6.54 Å². The first-order valence-corrected chi connectivity index (χ1v) is 11.3. The van der Waals surface area contributed by atoms with Gasteiger partial charge in [0.1, 0.15) is 0 Å². The van der Waals surface area contributed by atoms with Crippen molar-refractivity contribution in [3.63, 3.8) is 0 Å². The summed E-state index contributed by atoms with van der Waals surface area (Å²) in [5, 5.41) is 4.52. The Kier molecular flexibility index (Phi) is 7.75. The van der Waals surface area contributed by atoms with Gasteiger partial charge in [-0.2, -0.15) is 9.41 Å². The Labute approximate surface area is 190 Å². The standard InChI is InChI=1S/C21H18Cl2N4O3S/c22-19-7-6-17(12-20(19)23)14-27(31(29,30)18-4-2-1-3-5-18)15-21(28)26-25-13-16-8-10-24-11-9-16/h1-13H,14-15H2,(H,26,28). The minimum Gasteiger partial charge on any atom is -0.272 e. The van der Waals surface area contributed by atoms with Crippen LogP contribution in [0, 0.1) is 0 Å². The first-order valence-electron chi connectivity index (χ1n) is 9.07. The lowest BCUT2D eigenvalue weighted by molar-refractivity contribution is -0.121. The third-order valence-electron chi connectivity index (χ3n) is 4.15. The van der Waals surface area contributed by atoms with Crippen LogP contribution in [0.2, 0.25) is 10.0 Å². The predicted molar refractivity (Wildman–Crippen MR) is 120 cm³/mol. The molecule has 1 aromatic heterocycles. The molecule has 0 spiro atoms. The maximum absolute atomic E-state index is 13.2. The minimum atomic E-state index is -3.96. The molecule has 7 nitrogen and oxygen atoms in total. The van der Waals surface area contributed by atoms with Crippen LogP contribution in [-0.2, 0) is 21.4 Å². The first-order chi connectivity index (χ1) is 14.9. The number of hydrazone groups is 1. The van der Waals surface area contributed by atoms with Crippen LogP contribution in [0.25, 0.3) is 0 Å². The molecule has 0 aliphatic rings. The summed E-state index contributed by atoms with van der Waals surface area (Å²) < 4.78 is 27.4. The summed E-state index contributed by atoms with van der Waals surface area (Å²) in [6.07, 6.45) is 4.62. The average Bonchev–Trinajstić information content (AvgIpc) is 2.77. The maximum Gasteiger partial charge on any atom is 0.255 e. The molecule has 1 N–H and O–H groups in total. The predicted octanol–water partition coefficient (Wildman–Crippen LogP) is 3.73. The number of halogens is 2. The number of hydrogen-bond acceptors (Lipinski definition) is 5. The second-order valence-electron chi connectivity index (χ2n) is 6.41. The number of aromatic nitrogens is 1. The molecule has 0 aliphatic carbocycles. The Morgan fingerprint density at radius 1 is 1.03 bits per heavy atom. The van der Waals surface area contributed by atoms with Crippen molar-refractivity contribution in [3.8, 4) is 0 Å². The normalized spacial score (nSPS) is 11.7. The van der Waals surface area contributed by atoms with E-state index < -0.39 is 22.5 Å². The SMILES string of the molecule is O=C(CN(Cc1ccc(Cl)c(Cl)c1)S(=O)(=O)c1ccccc1)NN=Cc1ccncc1. The number of amides is 1. The second-order valence-corrected chi connectivity index (χ2v) is 9.16. The number of hydrogen-bond donors (Lipinski definition) is 1. The van der Waals surface area contributed by atoms with Gasteiger partial charge in [0.25, 0.3) is 5.91 Å². The minimum absolute atomic E-state index is 0.0724. The molecule has 3 aromatic rings. The van der Waals surface area contributed by atoms with E-state index in [1.165, 1.54) is 18.3 Å². The zero-order chi connectivity index (χ0) is 22.3. The molecular weight excluding hydrogens is 459 g/mol. The third kappa shape index (κ3) is 6.35. The van der Waals surface area contributed by atoms with Crippen LogP contribution in [0.4, 0.5) is 0 Å². The Balaban J connectivity index is 1.80. The van der Waals surface area contributed by atoms with Crippen LogP contribution < -0.4 is 5.43 Å². The number of carbonyl (C=O) groups excluding carboxylic acids is 1. The molecule has 31 heavy (non-hydrogen) atoms. The smallest absolute Gasteiger partial charge is 0.255 e. The van der Waals surface area contributed by atoms with Gasteiger partial charge in [-0.3, -0.25) is 9.78 Å². The average molecular weight is 477 g/mol. The maximum atomic E-state index is 13.2. The van der Waals surface area contributed by atoms with Gasteiger partial charge in [-0.15, -0.1) is 0 Å². The second kappa shape index (κ2) is 10.5. The molecule has 0 saturated heterocycles. The highest BCUT2D eigenvalue weighted by Crippen LogP contribution is 2.25. The van der Waals surface area contributed by atoms with E-state index in [9.17, 15) is 13.2 Å². The van der Waals surface area contributed by atoms with Gasteiger partial charge >= 0.3 is 0 Å². The van der Waals surface area contributed by atoms with Gasteiger partial charge < -0.3 is 0 Å². The van der Waals surface area contributed by atoms with E-state index in [4.69, 9.17) is 23.2 Å².